The highest BCUT2D eigenvalue weighted by Crippen LogP contribution is 2.02. The van der Waals surface area contributed by atoms with Crippen molar-refractivity contribution in [2.24, 2.45) is 0 Å². The lowest BCUT2D eigenvalue weighted by molar-refractivity contribution is 1.11. The van der Waals surface area contributed by atoms with E-state index < -0.39 is 0 Å². The van der Waals surface area contributed by atoms with Gasteiger partial charge in [-0.1, -0.05) is 5.92 Å². The van der Waals surface area contributed by atoms with Crippen molar-refractivity contribution < 1.29 is 0 Å². The van der Waals surface area contributed by atoms with Gasteiger partial charge in [-0.3, -0.25) is 0 Å². The zero-order chi connectivity index (χ0) is 10.9. The van der Waals surface area contributed by atoms with Gasteiger partial charge in [0.05, 0.1) is 18.1 Å². The molecular weight excluding hydrogens is 208 g/mol. The van der Waals surface area contributed by atoms with Gasteiger partial charge in [-0.25, -0.2) is 9.97 Å². The molecule has 1 N–H and O–H groups in total. The summed E-state index contributed by atoms with van der Waals surface area (Å²) in [5.74, 6) is 4.87. The molecule has 0 aliphatic rings. The van der Waals surface area contributed by atoms with Gasteiger partial charge in [-0.15, -0.1) is 18.2 Å². The third kappa shape index (κ3) is 4.35. The summed E-state index contributed by atoms with van der Waals surface area (Å²) in [6, 6.07) is 1.91. The van der Waals surface area contributed by atoms with Crippen LogP contribution in [-0.2, 0) is 0 Å². The van der Waals surface area contributed by atoms with Gasteiger partial charge >= 0.3 is 0 Å². The predicted octanol–water partition coefficient (Wildman–Crippen LogP) is 1.13. The van der Waals surface area contributed by atoms with Crippen LogP contribution in [0.1, 0.15) is 5.69 Å². The number of terminal acetylenes is 1. The van der Waals surface area contributed by atoms with Gasteiger partial charge in [0, 0.05) is 12.3 Å². The Labute approximate surface area is 93.1 Å². The van der Waals surface area contributed by atoms with Crippen molar-refractivity contribution >= 4 is 17.6 Å². The Morgan fingerprint density at radius 3 is 2.93 bits per heavy atom. The first kappa shape index (κ1) is 11.4. The molecule has 5 heteroatoms. The summed E-state index contributed by atoms with van der Waals surface area (Å²) in [5, 5.41) is 11.6. The van der Waals surface area contributed by atoms with E-state index in [9.17, 15) is 0 Å². The summed E-state index contributed by atoms with van der Waals surface area (Å²) in [7, 11) is 0. The van der Waals surface area contributed by atoms with E-state index >= 15 is 0 Å². The largest absolute Gasteiger partial charge is 0.368 e. The number of hydrogen-bond acceptors (Lipinski definition) is 5. The van der Waals surface area contributed by atoms with Crippen molar-refractivity contribution in [3.8, 4) is 18.4 Å². The number of nitrogens with one attached hydrogen (secondary N) is 1. The molecule has 15 heavy (non-hydrogen) atoms. The van der Waals surface area contributed by atoms with E-state index in [0.717, 1.165) is 18.1 Å². The summed E-state index contributed by atoms with van der Waals surface area (Å²) < 4.78 is 0. The van der Waals surface area contributed by atoms with Crippen LogP contribution in [-0.4, -0.2) is 28.0 Å². The smallest absolute Gasteiger partial charge is 0.158 e. The Hall–Kier alpha value is -1.72. The van der Waals surface area contributed by atoms with Crippen molar-refractivity contribution in [2.45, 2.75) is 0 Å². The Balaban J connectivity index is 2.27. The minimum atomic E-state index is 0.322. The number of rotatable bonds is 5. The maximum atomic E-state index is 8.51. The molecule has 4 nitrogen and oxygen atoms in total. The van der Waals surface area contributed by atoms with Crippen molar-refractivity contribution in [1.82, 2.24) is 9.97 Å². The molecule has 0 amide bonds. The molecule has 0 aliphatic carbocycles. The number of anilines is 1. The van der Waals surface area contributed by atoms with Crippen LogP contribution < -0.4 is 5.32 Å². The van der Waals surface area contributed by atoms with Crippen LogP contribution in [0.25, 0.3) is 0 Å². The molecule has 1 aromatic heterocycles. The molecule has 0 spiro atoms. The van der Waals surface area contributed by atoms with Gasteiger partial charge in [0.2, 0.25) is 0 Å². The third-order valence-corrected chi connectivity index (χ3v) is 2.37. The molecule has 0 saturated heterocycles. The molecule has 0 atom stereocenters. The molecular formula is C10H10N4S. The Bertz CT molecular complexity index is 374. The first-order chi connectivity index (χ1) is 7.36. The van der Waals surface area contributed by atoms with E-state index in [2.05, 4.69) is 21.2 Å². The van der Waals surface area contributed by atoms with E-state index in [0.29, 0.717) is 11.5 Å². The second kappa shape index (κ2) is 6.69. The van der Waals surface area contributed by atoms with E-state index in [1.165, 1.54) is 6.20 Å². The molecule has 1 heterocycles. The minimum absolute atomic E-state index is 0.322. The molecule has 0 saturated carbocycles. The number of aromatic nitrogens is 2. The van der Waals surface area contributed by atoms with Crippen LogP contribution >= 0.6 is 11.8 Å². The molecule has 1 aromatic rings. The lowest BCUT2D eigenvalue weighted by Gasteiger charge is -2.03. The third-order valence-electron chi connectivity index (χ3n) is 1.50. The predicted molar refractivity (Wildman–Crippen MR) is 61.4 cm³/mol. The highest BCUT2D eigenvalue weighted by molar-refractivity contribution is 7.99. The summed E-state index contributed by atoms with van der Waals surface area (Å²) in [5.41, 5.74) is 0.322. The van der Waals surface area contributed by atoms with Gasteiger partial charge < -0.3 is 5.32 Å². The number of thioether (sulfide) groups is 1. The number of hydrogen-bond donors (Lipinski definition) is 1. The van der Waals surface area contributed by atoms with Crippen LogP contribution in [0.3, 0.4) is 0 Å². The van der Waals surface area contributed by atoms with Crippen LogP contribution in [0.2, 0.25) is 0 Å². The molecule has 76 valence electrons. The molecule has 0 bridgehead atoms. The van der Waals surface area contributed by atoms with Crippen molar-refractivity contribution in [3.63, 3.8) is 0 Å². The highest BCUT2D eigenvalue weighted by Gasteiger charge is 1.95. The number of nitriles is 1. The monoisotopic (exact) mass is 218 g/mol. The summed E-state index contributed by atoms with van der Waals surface area (Å²) in [6.45, 7) is 0.785. The van der Waals surface area contributed by atoms with Crippen LogP contribution in [0, 0.1) is 23.7 Å². The van der Waals surface area contributed by atoms with Gasteiger partial charge in [0.1, 0.15) is 11.9 Å². The quantitative estimate of drug-likeness (QED) is 0.593. The molecule has 0 unspecified atom stereocenters. The van der Waals surface area contributed by atoms with Crippen LogP contribution in [0.4, 0.5) is 5.82 Å². The maximum absolute atomic E-state index is 8.51. The van der Waals surface area contributed by atoms with Crippen LogP contribution in [0.5, 0.6) is 0 Å². The first-order valence-corrected chi connectivity index (χ1v) is 5.49. The van der Waals surface area contributed by atoms with Crippen molar-refractivity contribution in [3.05, 3.63) is 18.1 Å². The SMILES string of the molecule is C#CCSCCNc1cnc(C#N)cn1. The fourth-order valence-electron chi connectivity index (χ4n) is 0.859. The summed E-state index contributed by atoms with van der Waals surface area (Å²) in [6.07, 6.45) is 8.10. The Kier molecular flexibility index (Phi) is 5.07. The van der Waals surface area contributed by atoms with E-state index in [1.54, 1.807) is 18.0 Å². The fourth-order valence-corrected chi connectivity index (χ4v) is 1.37. The maximum Gasteiger partial charge on any atom is 0.158 e. The molecule has 0 aliphatic heterocycles. The lowest BCUT2D eigenvalue weighted by Crippen LogP contribution is -2.06. The highest BCUT2D eigenvalue weighted by atomic mass is 32.2. The summed E-state index contributed by atoms with van der Waals surface area (Å²) in [4.78, 5) is 7.91. The van der Waals surface area contributed by atoms with E-state index in [1.807, 2.05) is 6.07 Å². The minimum Gasteiger partial charge on any atom is -0.368 e. The molecule has 0 aromatic carbocycles. The van der Waals surface area contributed by atoms with E-state index in [4.69, 9.17) is 11.7 Å². The lowest BCUT2D eigenvalue weighted by atomic mass is 10.5. The van der Waals surface area contributed by atoms with Gasteiger partial charge in [0.25, 0.3) is 0 Å². The van der Waals surface area contributed by atoms with E-state index in [-0.39, 0.29) is 0 Å². The standard InChI is InChI=1S/C10H10N4S/c1-2-4-15-5-3-12-10-8-13-9(6-11)7-14-10/h1,7-8H,3-5H2,(H,12,14). The van der Waals surface area contributed by atoms with Gasteiger partial charge in [-0.2, -0.15) is 5.26 Å². The van der Waals surface area contributed by atoms with Crippen molar-refractivity contribution in [2.75, 3.05) is 23.4 Å². The molecule has 1 rings (SSSR count). The molecule has 0 radical (unpaired) electrons. The molecule has 0 fully saturated rings. The van der Waals surface area contributed by atoms with Gasteiger partial charge in [-0.05, 0) is 0 Å². The van der Waals surface area contributed by atoms with Gasteiger partial charge in [0.15, 0.2) is 5.69 Å². The second-order valence-electron chi connectivity index (χ2n) is 2.58. The number of nitrogens with zero attached hydrogens (tertiary/aromatic N) is 3. The topological polar surface area (TPSA) is 61.6 Å². The second-order valence-corrected chi connectivity index (χ2v) is 3.69. The average Bonchev–Trinajstić information content (AvgIpc) is 2.30. The zero-order valence-electron chi connectivity index (χ0n) is 8.10. The Morgan fingerprint density at radius 2 is 2.33 bits per heavy atom. The Morgan fingerprint density at radius 1 is 1.47 bits per heavy atom. The average molecular weight is 218 g/mol. The van der Waals surface area contributed by atoms with Crippen molar-refractivity contribution in [1.29, 1.82) is 5.26 Å². The first-order valence-electron chi connectivity index (χ1n) is 4.34. The zero-order valence-corrected chi connectivity index (χ0v) is 8.92. The summed E-state index contributed by atoms with van der Waals surface area (Å²) >= 11 is 1.68. The normalized spacial score (nSPS) is 8.93. The fraction of sp³-hybridized carbons (Fsp3) is 0.300. The van der Waals surface area contributed by atoms with Crippen LogP contribution in [0.15, 0.2) is 12.4 Å².